The summed E-state index contributed by atoms with van der Waals surface area (Å²) in [6.07, 6.45) is 3.39. The summed E-state index contributed by atoms with van der Waals surface area (Å²) >= 11 is 6.22. The lowest BCUT2D eigenvalue weighted by Crippen LogP contribution is -2.38. The van der Waals surface area contributed by atoms with Crippen molar-refractivity contribution >= 4 is 40.2 Å². The van der Waals surface area contributed by atoms with Gasteiger partial charge in [0.05, 0.1) is 24.9 Å². The summed E-state index contributed by atoms with van der Waals surface area (Å²) in [7, 11) is 3.14. The molecule has 0 saturated carbocycles. The number of aromatic nitrogens is 4. The Labute approximate surface area is 166 Å². The van der Waals surface area contributed by atoms with Crippen molar-refractivity contribution in [3.63, 3.8) is 0 Å². The zero-order valence-electron chi connectivity index (χ0n) is 15.9. The van der Waals surface area contributed by atoms with E-state index >= 15 is 0 Å². The van der Waals surface area contributed by atoms with Crippen molar-refractivity contribution in [1.82, 2.24) is 20.3 Å². The van der Waals surface area contributed by atoms with Crippen molar-refractivity contribution in [2.75, 3.05) is 31.0 Å². The first kappa shape index (κ1) is 18.5. The average Bonchev–Trinajstić information content (AvgIpc) is 3.16. The molecule has 10 heteroatoms. The number of halogens is 1. The predicted octanol–water partition coefficient (Wildman–Crippen LogP) is 3.81. The van der Waals surface area contributed by atoms with Gasteiger partial charge in [-0.05, 0) is 36.5 Å². The molecule has 1 fully saturated rings. The average molecular weight is 405 g/mol. The van der Waals surface area contributed by atoms with E-state index in [-0.39, 0.29) is 0 Å². The number of hydrogen-bond donors (Lipinski definition) is 1. The molecule has 3 heterocycles. The monoisotopic (exact) mass is 404 g/mol. The molecule has 0 amide bonds. The van der Waals surface area contributed by atoms with Gasteiger partial charge in [0, 0.05) is 24.7 Å². The zero-order valence-corrected chi connectivity index (χ0v) is 16.7. The standard InChI is InChI=1S/C18H21ClN6O3/c1-10-6-4-5-7-25(10)18-17(21-15-16(22-18)24-28-23-15)20-12-9-13(26-2)11(19)8-14(12)27-3/h8-10H,4-7H2,1-3H3,(H,20,21,23)/t10-/m0/s1. The highest BCUT2D eigenvalue weighted by molar-refractivity contribution is 6.32. The highest BCUT2D eigenvalue weighted by Gasteiger charge is 2.25. The van der Waals surface area contributed by atoms with Gasteiger partial charge in [0.25, 0.3) is 0 Å². The second-order valence-corrected chi connectivity index (χ2v) is 7.06. The minimum Gasteiger partial charge on any atom is -0.495 e. The molecule has 9 nitrogen and oxygen atoms in total. The summed E-state index contributed by atoms with van der Waals surface area (Å²) in [5.41, 5.74) is 1.36. The topological polar surface area (TPSA) is 98.4 Å². The fourth-order valence-corrected chi connectivity index (χ4v) is 3.64. The highest BCUT2D eigenvalue weighted by atomic mass is 35.5. The Bertz CT molecular complexity index is 995. The normalized spacial score (nSPS) is 17.0. The van der Waals surface area contributed by atoms with Crippen LogP contribution in [0.2, 0.25) is 5.02 Å². The van der Waals surface area contributed by atoms with Gasteiger partial charge in [0.2, 0.25) is 11.3 Å². The second-order valence-electron chi connectivity index (χ2n) is 6.66. The number of nitrogens with one attached hydrogen (secondary N) is 1. The Morgan fingerprint density at radius 2 is 1.86 bits per heavy atom. The zero-order chi connectivity index (χ0) is 19.7. The number of nitrogens with zero attached hydrogens (tertiary/aromatic N) is 5. The molecular formula is C18H21ClN6O3. The van der Waals surface area contributed by atoms with E-state index in [1.165, 1.54) is 6.42 Å². The molecule has 0 radical (unpaired) electrons. The first-order chi connectivity index (χ1) is 13.6. The molecular weight excluding hydrogens is 384 g/mol. The fraction of sp³-hybridized carbons (Fsp3) is 0.444. The number of hydrogen-bond acceptors (Lipinski definition) is 9. The van der Waals surface area contributed by atoms with Gasteiger partial charge in [-0.3, -0.25) is 0 Å². The van der Waals surface area contributed by atoms with E-state index in [0.29, 0.717) is 51.2 Å². The maximum absolute atomic E-state index is 6.22. The minimum absolute atomic E-state index is 0.329. The van der Waals surface area contributed by atoms with Crippen molar-refractivity contribution in [1.29, 1.82) is 0 Å². The largest absolute Gasteiger partial charge is 0.495 e. The first-order valence-electron chi connectivity index (χ1n) is 9.06. The SMILES string of the molecule is COc1cc(Nc2nc3nonc3nc2N2CCCC[C@@H]2C)c(OC)cc1Cl. The summed E-state index contributed by atoms with van der Waals surface area (Å²) in [5.74, 6) is 2.32. The maximum Gasteiger partial charge on any atom is 0.245 e. The molecule has 1 aliphatic rings. The Morgan fingerprint density at radius 3 is 2.57 bits per heavy atom. The summed E-state index contributed by atoms with van der Waals surface area (Å²) in [6, 6.07) is 3.79. The molecule has 4 rings (SSSR count). The Morgan fingerprint density at radius 1 is 1.11 bits per heavy atom. The van der Waals surface area contributed by atoms with Crippen LogP contribution in [0.15, 0.2) is 16.8 Å². The first-order valence-corrected chi connectivity index (χ1v) is 9.44. The van der Waals surface area contributed by atoms with Gasteiger partial charge >= 0.3 is 0 Å². The lowest BCUT2D eigenvalue weighted by atomic mass is 10.0. The molecule has 1 atom stereocenters. The van der Waals surface area contributed by atoms with Crippen LogP contribution in [-0.2, 0) is 0 Å². The Hall–Kier alpha value is -2.81. The van der Waals surface area contributed by atoms with E-state index in [9.17, 15) is 0 Å². The number of anilines is 3. The minimum atomic E-state index is 0.329. The van der Waals surface area contributed by atoms with E-state index in [4.69, 9.17) is 25.7 Å². The molecule has 0 aliphatic carbocycles. The number of piperidine rings is 1. The third kappa shape index (κ3) is 3.37. The molecule has 0 spiro atoms. The molecule has 3 aromatic rings. The number of benzene rings is 1. The van der Waals surface area contributed by atoms with Gasteiger partial charge in [-0.25, -0.2) is 14.6 Å². The molecule has 1 N–H and O–H groups in total. The van der Waals surface area contributed by atoms with Crippen LogP contribution in [0, 0.1) is 0 Å². The summed E-state index contributed by atoms with van der Waals surface area (Å²) in [5, 5.41) is 11.4. The number of methoxy groups -OCH3 is 2. The van der Waals surface area contributed by atoms with Gasteiger partial charge in [0.1, 0.15) is 11.5 Å². The van der Waals surface area contributed by atoms with Crippen LogP contribution in [0.5, 0.6) is 11.5 Å². The van der Waals surface area contributed by atoms with Crippen LogP contribution >= 0.6 is 11.6 Å². The van der Waals surface area contributed by atoms with Crippen molar-refractivity contribution in [2.45, 2.75) is 32.2 Å². The molecule has 0 bridgehead atoms. The molecule has 1 aliphatic heterocycles. The van der Waals surface area contributed by atoms with Gasteiger partial charge < -0.3 is 19.7 Å². The van der Waals surface area contributed by atoms with Crippen LogP contribution in [0.1, 0.15) is 26.2 Å². The predicted molar refractivity (Wildman–Crippen MR) is 106 cm³/mol. The van der Waals surface area contributed by atoms with E-state index < -0.39 is 0 Å². The lowest BCUT2D eigenvalue weighted by Gasteiger charge is -2.35. The van der Waals surface area contributed by atoms with Crippen molar-refractivity contribution in [2.24, 2.45) is 0 Å². The summed E-state index contributed by atoms with van der Waals surface area (Å²) in [4.78, 5) is 11.5. The van der Waals surface area contributed by atoms with Crippen LogP contribution in [-0.4, -0.2) is 47.1 Å². The van der Waals surface area contributed by atoms with E-state index in [1.54, 1.807) is 26.4 Å². The maximum atomic E-state index is 6.22. The molecule has 28 heavy (non-hydrogen) atoms. The smallest absolute Gasteiger partial charge is 0.245 e. The second kappa shape index (κ2) is 7.67. The summed E-state index contributed by atoms with van der Waals surface area (Å²) < 4.78 is 15.6. The van der Waals surface area contributed by atoms with Crippen LogP contribution < -0.4 is 19.7 Å². The van der Waals surface area contributed by atoms with Crippen molar-refractivity contribution in [3.8, 4) is 11.5 Å². The number of ether oxygens (including phenoxy) is 2. The fourth-order valence-electron chi connectivity index (χ4n) is 3.41. The van der Waals surface area contributed by atoms with Gasteiger partial charge in [-0.2, -0.15) is 0 Å². The molecule has 1 aromatic carbocycles. The molecule has 2 aromatic heterocycles. The number of rotatable bonds is 5. The lowest BCUT2D eigenvalue weighted by molar-refractivity contribution is 0.314. The highest BCUT2D eigenvalue weighted by Crippen LogP contribution is 2.39. The molecule has 0 unspecified atom stereocenters. The van der Waals surface area contributed by atoms with Gasteiger partial charge in [-0.1, -0.05) is 11.6 Å². The van der Waals surface area contributed by atoms with Crippen LogP contribution in [0.25, 0.3) is 11.3 Å². The van der Waals surface area contributed by atoms with Crippen molar-refractivity contribution in [3.05, 3.63) is 17.2 Å². The van der Waals surface area contributed by atoms with Gasteiger partial charge in [0.15, 0.2) is 11.6 Å². The van der Waals surface area contributed by atoms with E-state index in [2.05, 4.69) is 37.4 Å². The van der Waals surface area contributed by atoms with Crippen LogP contribution in [0.3, 0.4) is 0 Å². The van der Waals surface area contributed by atoms with Crippen LogP contribution in [0.4, 0.5) is 17.3 Å². The van der Waals surface area contributed by atoms with E-state index in [1.807, 2.05) is 0 Å². The quantitative estimate of drug-likeness (QED) is 0.680. The summed E-state index contributed by atoms with van der Waals surface area (Å²) in [6.45, 7) is 3.07. The van der Waals surface area contributed by atoms with Gasteiger partial charge in [-0.15, -0.1) is 0 Å². The van der Waals surface area contributed by atoms with E-state index in [0.717, 1.165) is 19.4 Å². The van der Waals surface area contributed by atoms with Crippen molar-refractivity contribution < 1.29 is 14.1 Å². The third-order valence-electron chi connectivity index (χ3n) is 4.90. The Kier molecular flexibility index (Phi) is 5.08. The number of fused-ring (bicyclic) bond motifs is 1. The third-order valence-corrected chi connectivity index (χ3v) is 5.19. The Balaban J connectivity index is 1.81. The molecule has 1 saturated heterocycles. The molecule has 148 valence electrons.